The summed E-state index contributed by atoms with van der Waals surface area (Å²) < 4.78 is 15.8. The van der Waals surface area contributed by atoms with Crippen molar-refractivity contribution in [2.75, 3.05) is 20.3 Å². The lowest BCUT2D eigenvalue weighted by molar-refractivity contribution is -0.136. The number of aliphatic carboxylic acids is 1. The number of methoxy groups -OCH3 is 1. The van der Waals surface area contributed by atoms with E-state index in [9.17, 15) is 9.59 Å². The summed E-state index contributed by atoms with van der Waals surface area (Å²) in [6, 6.07) is 7.24. The fourth-order valence-corrected chi connectivity index (χ4v) is 2.29. The molecule has 7 heteroatoms. The van der Waals surface area contributed by atoms with E-state index in [-0.39, 0.29) is 18.1 Å². The molecule has 1 amide bonds. The van der Waals surface area contributed by atoms with Crippen LogP contribution in [0, 0.1) is 6.92 Å². The molecule has 1 aromatic carbocycles. The highest BCUT2D eigenvalue weighted by Crippen LogP contribution is 2.18. The minimum Gasteiger partial charge on any atom is -0.497 e. The smallest absolute Gasteiger partial charge is 0.311 e. The van der Waals surface area contributed by atoms with Crippen LogP contribution in [0.2, 0.25) is 0 Å². The van der Waals surface area contributed by atoms with Gasteiger partial charge in [0.1, 0.15) is 23.7 Å². The van der Waals surface area contributed by atoms with Crippen molar-refractivity contribution in [1.29, 1.82) is 0 Å². The summed E-state index contributed by atoms with van der Waals surface area (Å²) in [6.45, 7) is 2.56. The molecule has 1 heterocycles. The third-order valence-electron chi connectivity index (χ3n) is 3.52. The van der Waals surface area contributed by atoms with E-state index in [2.05, 4.69) is 5.32 Å². The summed E-state index contributed by atoms with van der Waals surface area (Å²) in [5, 5.41) is 11.6. The SMILES string of the molecule is COc1ccc(OCCCNC(=O)c2c(C)coc2CC(=O)O)cc1. The lowest BCUT2D eigenvalue weighted by atomic mass is 10.1. The number of aryl methyl sites for hydroxylation is 1. The largest absolute Gasteiger partial charge is 0.497 e. The van der Waals surface area contributed by atoms with E-state index >= 15 is 0 Å². The van der Waals surface area contributed by atoms with Crippen LogP contribution in [0.15, 0.2) is 34.9 Å². The van der Waals surface area contributed by atoms with Gasteiger partial charge in [0.25, 0.3) is 5.91 Å². The van der Waals surface area contributed by atoms with Crippen LogP contribution in [0.4, 0.5) is 0 Å². The van der Waals surface area contributed by atoms with Crippen LogP contribution in [0.3, 0.4) is 0 Å². The second-order valence-electron chi connectivity index (χ2n) is 5.42. The Labute approximate surface area is 145 Å². The van der Waals surface area contributed by atoms with Gasteiger partial charge in [0.2, 0.25) is 0 Å². The average Bonchev–Trinajstić information content (AvgIpc) is 2.94. The van der Waals surface area contributed by atoms with Crippen LogP contribution < -0.4 is 14.8 Å². The van der Waals surface area contributed by atoms with E-state index < -0.39 is 5.97 Å². The van der Waals surface area contributed by atoms with E-state index in [1.54, 1.807) is 14.0 Å². The molecule has 0 fully saturated rings. The Balaban J connectivity index is 1.77. The molecular formula is C18H21NO6. The fraction of sp³-hybridized carbons (Fsp3) is 0.333. The first-order valence-electron chi connectivity index (χ1n) is 7.85. The molecule has 0 aliphatic heterocycles. The summed E-state index contributed by atoms with van der Waals surface area (Å²) in [7, 11) is 1.60. The van der Waals surface area contributed by atoms with E-state index in [0.717, 1.165) is 11.5 Å². The van der Waals surface area contributed by atoms with Crippen LogP contribution in [0.5, 0.6) is 11.5 Å². The van der Waals surface area contributed by atoms with Crippen molar-refractivity contribution in [1.82, 2.24) is 5.32 Å². The third-order valence-corrected chi connectivity index (χ3v) is 3.52. The molecule has 0 spiro atoms. The summed E-state index contributed by atoms with van der Waals surface area (Å²) in [5.41, 5.74) is 0.904. The number of carbonyl (C=O) groups excluding carboxylic acids is 1. The molecule has 134 valence electrons. The predicted octanol–water partition coefficient (Wildman–Crippen LogP) is 2.42. The monoisotopic (exact) mass is 347 g/mol. The number of ether oxygens (including phenoxy) is 2. The molecule has 1 aromatic heterocycles. The molecule has 0 unspecified atom stereocenters. The van der Waals surface area contributed by atoms with Crippen molar-refractivity contribution in [2.24, 2.45) is 0 Å². The van der Waals surface area contributed by atoms with Crippen molar-refractivity contribution in [3.05, 3.63) is 47.4 Å². The van der Waals surface area contributed by atoms with E-state index in [4.69, 9.17) is 19.0 Å². The van der Waals surface area contributed by atoms with E-state index in [1.807, 2.05) is 24.3 Å². The zero-order chi connectivity index (χ0) is 18.2. The van der Waals surface area contributed by atoms with Gasteiger partial charge in [-0.2, -0.15) is 0 Å². The maximum Gasteiger partial charge on any atom is 0.311 e. The second-order valence-corrected chi connectivity index (χ2v) is 5.42. The number of carboxylic acids is 1. The van der Waals surface area contributed by atoms with Gasteiger partial charge in [-0.15, -0.1) is 0 Å². The molecule has 2 aromatic rings. The first kappa shape index (κ1) is 18.4. The van der Waals surface area contributed by atoms with Gasteiger partial charge in [-0.05, 0) is 37.6 Å². The number of rotatable bonds is 9. The van der Waals surface area contributed by atoms with Crippen LogP contribution in [0.1, 0.15) is 28.1 Å². The molecule has 0 bridgehead atoms. The number of carbonyl (C=O) groups is 2. The zero-order valence-corrected chi connectivity index (χ0v) is 14.2. The van der Waals surface area contributed by atoms with Crippen LogP contribution in [0.25, 0.3) is 0 Å². The summed E-state index contributed by atoms with van der Waals surface area (Å²) in [4.78, 5) is 23.0. The number of amides is 1. The van der Waals surface area contributed by atoms with Crippen molar-refractivity contribution in [3.8, 4) is 11.5 Å². The highest BCUT2D eigenvalue weighted by molar-refractivity contribution is 5.97. The Morgan fingerprint density at radius 3 is 2.52 bits per heavy atom. The highest BCUT2D eigenvalue weighted by atomic mass is 16.5. The predicted molar refractivity (Wildman–Crippen MR) is 90.2 cm³/mol. The summed E-state index contributed by atoms with van der Waals surface area (Å²) in [6.07, 6.45) is 1.68. The third kappa shape index (κ3) is 5.27. The Morgan fingerprint density at radius 1 is 1.20 bits per heavy atom. The van der Waals surface area contributed by atoms with Gasteiger partial charge in [0, 0.05) is 12.1 Å². The van der Waals surface area contributed by atoms with E-state index in [0.29, 0.717) is 30.7 Å². The van der Waals surface area contributed by atoms with Gasteiger partial charge >= 0.3 is 5.97 Å². The summed E-state index contributed by atoms with van der Waals surface area (Å²) >= 11 is 0. The van der Waals surface area contributed by atoms with Gasteiger partial charge in [0.15, 0.2) is 0 Å². The molecule has 0 atom stereocenters. The first-order chi connectivity index (χ1) is 12.0. The number of nitrogens with one attached hydrogen (secondary N) is 1. The lowest BCUT2D eigenvalue weighted by Gasteiger charge is -2.08. The Hall–Kier alpha value is -2.96. The van der Waals surface area contributed by atoms with Crippen molar-refractivity contribution < 1.29 is 28.6 Å². The van der Waals surface area contributed by atoms with Gasteiger partial charge in [0.05, 0.1) is 25.5 Å². The van der Waals surface area contributed by atoms with Gasteiger partial charge in [-0.1, -0.05) is 0 Å². The highest BCUT2D eigenvalue weighted by Gasteiger charge is 2.20. The molecule has 7 nitrogen and oxygen atoms in total. The first-order valence-corrected chi connectivity index (χ1v) is 7.85. The molecule has 0 saturated heterocycles. The number of benzene rings is 1. The van der Waals surface area contributed by atoms with E-state index in [1.165, 1.54) is 6.26 Å². The van der Waals surface area contributed by atoms with Gasteiger partial charge in [-0.25, -0.2) is 0 Å². The van der Waals surface area contributed by atoms with Gasteiger partial charge < -0.3 is 24.3 Å². The molecule has 0 saturated carbocycles. The normalized spacial score (nSPS) is 10.3. The Bertz CT molecular complexity index is 720. The maximum absolute atomic E-state index is 12.2. The molecule has 0 aliphatic carbocycles. The number of carboxylic acid groups (broad SMARTS) is 1. The van der Waals surface area contributed by atoms with Crippen molar-refractivity contribution in [2.45, 2.75) is 19.8 Å². The molecule has 25 heavy (non-hydrogen) atoms. The fourth-order valence-electron chi connectivity index (χ4n) is 2.29. The second kappa shape index (κ2) is 8.77. The Morgan fingerprint density at radius 2 is 1.88 bits per heavy atom. The molecule has 2 N–H and O–H groups in total. The van der Waals surface area contributed by atoms with Crippen LogP contribution in [-0.4, -0.2) is 37.2 Å². The minimum atomic E-state index is -1.05. The average molecular weight is 347 g/mol. The Kier molecular flexibility index (Phi) is 6.45. The zero-order valence-electron chi connectivity index (χ0n) is 14.2. The standard InChI is InChI=1S/C18H21NO6/c1-12-11-25-15(10-16(20)21)17(12)18(22)19-8-3-9-24-14-6-4-13(23-2)5-7-14/h4-7,11H,3,8-10H2,1-2H3,(H,19,22)(H,20,21). The number of hydrogen-bond donors (Lipinski definition) is 2. The number of furan rings is 1. The molecule has 0 radical (unpaired) electrons. The van der Waals surface area contributed by atoms with Crippen LogP contribution >= 0.6 is 0 Å². The minimum absolute atomic E-state index is 0.164. The quantitative estimate of drug-likeness (QED) is 0.676. The number of hydrogen-bond acceptors (Lipinski definition) is 5. The molecular weight excluding hydrogens is 326 g/mol. The summed E-state index contributed by atoms with van der Waals surface area (Å²) in [5.74, 6) is 0.258. The van der Waals surface area contributed by atoms with Crippen molar-refractivity contribution >= 4 is 11.9 Å². The van der Waals surface area contributed by atoms with Gasteiger partial charge in [-0.3, -0.25) is 9.59 Å². The topological polar surface area (TPSA) is 98.0 Å². The lowest BCUT2D eigenvalue weighted by Crippen LogP contribution is -2.27. The molecule has 2 rings (SSSR count). The van der Waals surface area contributed by atoms with Crippen molar-refractivity contribution in [3.63, 3.8) is 0 Å². The maximum atomic E-state index is 12.2. The molecule has 0 aliphatic rings. The van der Waals surface area contributed by atoms with Crippen LogP contribution in [-0.2, 0) is 11.2 Å².